The van der Waals surface area contributed by atoms with Crippen molar-refractivity contribution in [1.29, 1.82) is 0 Å². The first-order valence-corrected chi connectivity index (χ1v) is 10.1. The lowest BCUT2D eigenvalue weighted by atomic mass is 10.2. The lowest BCUT2D eigenvalue weighted by Gasteiger charge is -2.25. The maximum Gasteiger partial charge on any atom is 0.252 e. The monoisotopic (exact) mass is 377 g/mol. The van der Waals surface area contributed by atoms with Crippen LogP contribution in [0.3, 0.4) is 0 Å². The van der Waals surface area contributed by atoms with Gasteiger partial charge in [-0.2, -0.15) is 0 Å². The van der Waals surface area contributed by atoms with Gasteiger partial charge in [0.2, 0.25) is 10.0 Å². The molecule has 7 nitrogen and oxygen atoms in total. The number of nitrogens with one attached hydrogen (secondary N) is 1. The van der Waals surface area contributed by atoms with Gasteiger partial charge in [-0.1, -0.05) is 12.1 Å². The number of hydrogen-bond acceptors (Lipinski definition) is 5. The lowest BCUT2D eigenvalue weighted by Crippen LogP contribution is -2.38. The zero-order chi connectivity index (χ0) is 19.2. The number of anilines is 1. The Hall–Kier alpha value is -2.61. The first-order valence-electron chi connectivity index (χ1n) is 8.20. The number of para-hydroxylation sites is 2. The van der Waals surface area contributed by atoms with E-state index in [9.17, 15) is 13.2 Å². The van der Waals surface area contributed by atoms with Crippen molar-refractivity contribution in [3.8, 4) is 5.75 Å². The second-order valence-corrected chi connectivity index (χ2v) is 7.87. The number of pyridine rings is 1. The van der Waals surface area contributed by atoms with E-state index in [4.69, 9.17) is 4.74 Å². The van der Waals surface area contributed by atoms with Crippen molar-refractivity contribution < 1.29 is 17.9 Å². The molecule has 0 aliphatic carbocycles. The maximum absolute atomic E-state index is 12.3. The normalized spacial score (nSPS) is 11.2. The summed E-state index contributed by atoms with van der Waals surface area (Å²) in [4.78, 5) is 16.0. The van der Waals surface area contributed by atoms with Crippen LogP contribution in [-0.2, 0) is 10.0 Å². The van der Waals surface area contributed by atoms with E-state index in [0.717, 1.165) is 6.26 Å². The van der Waals surface area contributed by atoms with Gasteiger partial charge in [0.05, 0.1) is 30.2 Å². The molecule has 0 unspecified atom stereocenters. The van der Waals surface area contributed by atoms with E-state index in [-0.39, 0.29) is 25.1 Å². The van der Waals surface area contributed by atoms with Gasteiger partial charge in [-0.05, 0) is 38.1 Å². The average Bonchev–Trinajstić information content (AvgIpc) is 2.58. The van der Waals surface area contributed by atoms with Crippen LogP contribution in [0.4, 0.5) is 5.69 Å². The minimum atomic E-state index is -3.55. The van der Waals surface area contributed by atoms with E-state index < -0.39 is 10.0 Å². The summed E-state index contributed by atoms with van der Waals surface area (Å²) >= 11 is 0. The van der Waals surface area contributed by atoms with Crippen LogP contribution in [0.2, 0.25) is 0 Å². The van der Waals surface area contributed by atoms with Gasteiger partial charge in [0.25, 0.3) is 5.91 Å². The number of nitrogens with zero attached hydrogens (tertiary/aromatic N) is 2. The third kappa shape index (κ3) is 5.45. The molecule has 0 bridgehead atoms. The largest absolute Gasteiger partial charge is 0.489 e. The molecule has 0 atom stereocenters. The van der Waals surface area contributed by atoms with Crippen LogP contribution >= 0.6 is 0 Å². The molecule has 0 saturated carbocycles. The Morgan fingerprint density at radius 2 is 1.96 bits per heavy atom. The van der Waals surface area contributed by atoms with Crippen molar-refractivity contribution >= 4 is 21.6 Å². The highest BCUT2D eigenvalue weighted by Gasteiger charge is 2.21. The smallest absolute Gasteiger partial charge is 0.252 e. The number of carbonyl (C=O) groups is 1. The van der Waals surface area contributed by atoms with Gasteiger partial charge < -0.3 is 10.1 Å². The Bertz CT molecular complexity index is 839. The summed E-state index contributed by atoms with van der Waals surface area (Å²) in [5, 5.41) is 2.71. The number of rotatable bonds is 8. The Labute approximate surface area is 154 Å². The fourth-order valence-corrected chi connectivity index (χ4v) is 3.28. The fourth-order valence-electron chi connectivity index (χ4n) is 2.35. The van der Waals surface area contributed by atoms with Crippen molar-refractivity contribution in [2.24, 2.45) is 0 Å². The van der Waals surface area contributed by atoms with Crippen molar-refractivity contribution in [2.45, 2.75) is 20.0 Å². The van der Waals surface area contributed by atoms with Crippen LogP contribution in [0.25, 0.3) is 0 Å². The highest BCUT2D eigenvalue weighted by atomic mass is 32.2. The fraction of sp³-hybridized carbons (Fsp3) is 0.333. The van der Waals surface area contributed by atoms with Crippen LogP contribution in [0.5, 0.6) is 5.75 Å². The molecule has 0 saturated heterocycles. The Morgan fingerprint density at radius 3 is 2.58 bits per heavy atom. The molecule has 0 spiro atoms. The topological polar surface area (TPSA) is 88.6 Å². The summed E-state index contributed by atoms with van der Waals surface area (Å²) in [7, 11) is -3.55. The predicted octanol–water partition coefficient (Wildman–Crippen LogP) is 2.06. The zero-order valence-corrected chi connectivity index (χ0v) is 15.9. The summed E-state index contributed by atoms with van der Waals surface area (Å²) in [6, 6.07) is 10.2. The summed E-state index contributed by atoms with van der Waals surface area (Å²) in [5.74, 6) is 0.171. The first kappa shape index (κ1) is 19.7. The van der Waals surface area contributed by atoms with Gasteiger partial charge in [-0.25, -0.2) is 8.42 Å². The molecule has 0 radical (unpaired) electrons. The molecule has 1 aromatic carbocycles. The molecule has 1 amide bonds. The summed E-state index contributed by atoms with van der Waals surface area (Å²) < 4.78 is 31.5. The van der Waals surface area contributed by atoms with E-state index in [1.54, 1.807) is 42.6 Å². The molecular weight excluding hydrogens is 354 g/mol. The highest BCUT2D eigenvalue weighted by Crippen LogP contribution is 2.30. The number of ether oxygens (including phenoxy) is 1. The van der Waals surface area contributed by atoms with E-state index in [2.05, 4.69) is 10.3 Å². The molecule has 8 heteroatoms. The van der Waals surface area contributed by atoms with E-state index in [1.165, 1.54) is 10.5 Å². The molecule has 1 aromatic heterocycles. The quantitative estimate of drug-likeness (QED) is 0.761. The number of amides is 1. The molecule has 1 N–H and O–H groups in total. The Morgan fingerprint density at radius 1 is 1.23 bits per heavy atom. The summed E-state index contributed by atoms with van der Waals surface area (Å²) in [5.41, 5.74) is 0.862. The van der Waals surface area contributed by atoms with Crippen LogP contribution in [0.15, 0.2) is 48.8 Å². The average molecular weight is 377 g/mol. The van der Waals surface area contributed by atoms with Crippen molar-refractivity contribution in [1.82, 2.24) is 10.3 Å². The zero-order valence-electron chi connectivity index (χ0n) is 15.0. The molecule has 140 valence electrons. The van der Waals surface area contributed by atoms with Crippen molar-refractivity contribution in [2.75, 3.05) is 23.7 Å². The first-order chi connectivity index (χ1) is 12.3. The Kier molecular flexibility index (Phi) is 6.57. The number of carbonyl (C=O) groups excluding carboxylic acids is 1. The van der Waals surface area contributed by atoms with Crippen LogP contribution < -0.4 is 14.4 Å². The van der Waals surface area contributed by atoms with E-state index in [0.29, 0.717) is 17.0 Å². The molecule has 0 aliphatic heterocycles. The Balaban J connectivity index is 2.13. The summed E-state index contributed by atoms with van der Waals surface area (Å²) in [6.07, 6.45) is 4.06. The molecule has 0 fully saturated rings. The number of benzene rings is 1. The van der Waals surface area contributed by atoms with Crippen molar-refractivity contribution in [3.05, 3.63) is 54.4 Å². The van der Waals surface area contributed by atoms with Gasteiger partial charge in [0.1, 0.15) is 5.75 Å². The molecule has 0 aliphatic rings. The van der Waals surface area contributed by atoms with Crippen LogP contribution in [-0.4, -0.2) is 44.8 Å². The predicted molar refractivity (Wildman–Crippen MR) is 101 cm³/mol. The second-order valence-electron chi connectivity index (χ2n) is 5.97. The molecule has 1 heterocycles. The van der Waals surface area contributed by atoms with Gasteiger partial charge in [0.15, 0.2) is 0 Å². The SMILES string of the molecule is CC(C)Oc1ccccc1N(CCNC(=O)c1cccnc1)S(C)(=O)=O. The van der Waals surface area contributed by atoms with Gasteiger partial charge >= 0.3 is 0 Å². The third-order valence-corrected chi connectivity index (χ3v) is 4.60. The second kappa shape index (κ2) is 8.66. The standard InChI is InChI=1S/C18H23N3O4S/c1-14(2)25-17-9-5-4-8-16(17)21(26(3,23)24)12-11-20-18(22)15-7-6-10-19-13-15/h4-10,13-14H,11-12H2,1-3H3,(H,20,22). The molecule has 26 heavy (non-hydrogen) atoms. The van der Waals surface area contributed by atoms with Crippen LogP contribution in [0.1, 0.15) is 24.2 Å². The minimum Gasteiger partial charge on any atom is -0.489 e. The number of hydrogen-bond donors (Lipinski definition) is 1. The van der Waals surface area contributed by atoms with Gasteiger partial charge in [0, 0.05) is 18.9 Å². The molecular formula is C18H23N3O4S. The van der Waals surface area contributed by atoms with Crippen LogP contribution in [0, 0.1) is 0 Å². The van der Waals surface area contributed by atoms with Gasteiger partial charge in [-0.15, -0.1) is 0 Å². The highest BCUT2D eigenvalue weighted by molar-refractivity contribution is 7.92. The maximum atomic E-state index is 12.3. The molecule has 2 rings (SSSR count). The lowest BCUT2D eigenvalue weighted by molar-refractivity contribution is 0.0954. The van der Waals surface area contributed by atoms with Gasteiger partial charge in [-0.3, -0.25) is 14.1 Å². The molecule has 2 aromatic rings. The van der Waals surface area contributed by atoms with E-state index >= 15 is 0 Å². The number of sulfonamides is 1. The third-order valence-electron chi connectivity index (χ3n) is 3.42. The minimum absolute atomic E-state index is 0.0866. The number of aromatic nitrogens is 1. The van der Waals surface area contributed by atoms with Crippen molar-refractivity contribution in [3.63, 3.8) is 0 Å². The summed E-state index contributed by atoms with van der Waals surface area (Å²) in [6.45, 7) is 3.98. The van der Waals surface area contributed by atoms with E-state index in [1.807, 2.05) is 13.8 Å².